The standard InChI is InChI=1S/C21H34O5/c1-4-5-10-16(25-2)13-14-18-17(19(22)15-20(18)26-3)11-8-6-7-9-12-21(23)24/h6,8,13-14,16-18,20H,4-5,7,9-12,15H2,1-3H3,(H,23,24)/t16?,17-,18-,20?/m1/s1. The molecule has 0 amide bonds. The Morgan fingerprint density at radius 2 is 2.08 bits per heavy atom. The summed E-state index contributed by atoms with van der Waals surface area (Å²) in [5, 5.41) is 8.65. The van der Waals surface area contributed by atoms with Gasteiger partial charge in [-0.2, -0.15) is 0 Å². The van der Waals surface area contributed by atoms with E-state index in [0.717, 1.165) is 25.7 Å². The quantitative estimate of drug-likeness (QED) is 0.391. The van der Waals surface area contributed by atoms with E-state index >= 15 is 0 Å². The summed E-state index contributed by atoms with van der Waals surface area (Å²) in [6.07, 6.45) is 14.1. The van der Waals surface area contributed by atoms with Gasteiger partial charge in [-0.05, 0) is 25.7 Å². The number of hydrogen-bond acceptors (Lipinski definition) is 4. The summed E-state index contributed by atoms with van der Waals surface area (Å²) in [6.45, 7) is 2.16. The molecular formula is C21H34O5. The van der Waals surface area contributed by atoms with Gasteiger partial charge in [-0.1, -0.05) is 44.1 Å². The Bertz CT molecular complexity index is 483. The summed E-state index contributed by atoms with van der Waals surface area (Å²) in [6, 6.07) is 0. The van der Waals surface area contributed by atoms with Crippen LogP contribution in [0.25, 0.3) is 0 Å². The van der Waals surface area contributed by atoms with Crippen molar-refractivity contribution in [2.24, 2.45) is 11.8 Å². The maximum atomic E-state index is 12.4. The largest absolute Gasteiger partial charge is 0.481 e. The molecule has 1 N–H and O–H groups in total. The van der Waals surface area contributed by atoms with E-state index < -0.39 is 5.97 Å². The molecule has 1 fully saturated rings. The average molecular weight is 366 g/mol. The number of carbonyl (C=O) groups is 2. The van der Waals surface area contributed by atoms with E-state index in [9.17, 15) is 9.59 Å². The molecule has 1 aliphatic rings. The Morgan fingerprint density at radius 3 is 2.69 bits per heavy atom. The fraction of sp³-hybridized carbons (Fsp3) is 0.714. The monoisotopic (exact) mass is 366 g/mol. The highest BCUT2D eigenvalue weighted by molar-refractivity contribution is 5.84. The van der Waals surface area contributed by atoms with E-state index in [0.29, 0.717) is 19.3 Å². The van der Waals surface area contributed by atoms with E-state index in [1.807, 2.05) is 12.2 Å². The minimum atomic E-state index is -0.770. The van der Waals surface area contributed by atoms with Crippen molar-refractivity contribution in [1.29, 1.82) is 0 Å². The SMILES string of the molecule is CCCCC(C=C[C@H]1C(OC)CC(=O)[C@@H]1CC=CCCCC(=O)O)OC. The van der Waals surface area contributed by atoms with Crippen LogP contribution in [-0.4, -0.2) is 43.3 Å². The van der Waals surface area contributed by atoms with Crippen molar-refractivity contribution >= 4 is 11.8 Å². The summed E-state index contributed by atoms with van der Waals surface area (Å²) in [5.74, 6) is -0.538. The molecule has 0 aromatic rings. The fourth-order valence-electron chi connectivity index (χ4n) is 3.43. The van der Waals surface area contributed by atoms with Crippen LogP contribution < -0.4 is 0 Å². The number of methoxy groups -OCH3 is 2. The molecule has 2 unspecified atom stereocenters. The van der Waals surface area contributed by atoms with Crippen LogP contribution in [0.4, 0.5) is 0 Å². The second kappa shape index (κ2) is 12.8. The van der Waals surface area contributed by atoms with Crippen LogP contribution in [0.1, 0.15) is 58.3 Å². The maximum absolute atomic E-state index is 12.4. The second-order valence-corrected chi connectivity index (χ2v) is 6.92. The Morgan fingerprint density at radius 1 is 1.31 bits per heavy atom. The summed E-state index contributed by atoms with van der Waals surface area (Å²) < 4.78 is 11.1. The molecule has 0 aromatic heterocycles. The van der Waals surface area contributed by atoms with Crippen LogP contribution in [-0.2, 0) is 19.1 Å². The zero-order valence-corrected chi connectivity index (χ0v) is 16.4. The molecule has 1 rings (SSSR count). The molecule has 26 heavy (non-hydrogen) atoms. The number of rotatable bonds is 13. The lowest BCUT2D eigenvalue weighted by Gasteiger charge is -2.20. The van der Waals surface area contributed by atoms with Crippen molar-refractivity contribution in [3.63, 3.8) is 0 Å². The average Bonchev–Trinajstić information content (AvgIpc) is 2.93. The third kappa shape index (κ3) is 7.83. The van der Waals surface area contributed by atoms with Crippen molar-refractivity contribution < 1.29 is 24.2 Å². The number of ether oxygens (including phenoxy) is 2. The van der Waals surface area contributed by atoms with Gasteiger partial charge in [0, 0.05) is 38.9 Å². The summed E-state index contributed by atoms with van der Waals surface area (Å²) in [7, 11) is 3.38. The van der Waals surface area contributed by atoms with E-state index in [4.69, 9.17) is 14.6 Å². The van der Waals surface area contributed by atoms with Gasteiger partial charge in [0.2, 0.25) is 0 Å². The first-order chi connectivity index (χ1) is 12.5. The predicted octanol–water partition coefficient (Wildman–Crippen LogP) is 4.17. The van der Waals surface area contributed by atoms with Gasteiger partial charge in [0.25, 0.3) is 0 Å². The highest BCUT2D eigenvalue weighted by Gasteiger charge is 2.40. The normalized spacial score (nSPS) is 24.7. The fourth-order valence-corrected chi connectivity index (χ4v) is 3.43. The first-order valence-corrected chi connectivity index (χ1v) is 9.66. The van der Waals surface area contributed by atoms with Crippen LogP contribution in [0.5, 0.6) is 0 Å². The van der Waals surface area contributed by atoms with Gasteiger partial charge in [-0.3, -0.25) is 9.59 Å². The number of ketones is 1. The topological polar surface area (TPSA) is 72.8 Å². The van der Waals surface area contributed by atoms with Crippen LogP contribution in [0.3, 0.4) is 0 Å². The van der Waals surface area contributed by atoms with Crippen LogP contribution in [0, 0.1) is 11.8 Å². The van der Waals surface area contributed by atoms with Crippen molar-refractivity contribution in [2.45, 2.75) is 70.5 Å². The minimum Gasteiger partial charge on any atom is -0.481 e. The molecule has 0 bridgehead atoms. The first-order valence-electron chi connectivity index (χ1n) is 9.66. The van der Waals surface area contributed by atoms with E-state index in [-0.39, 0.29) is 36.2 Å². The number of Topliss-reactive ketones (excluding diaryl/α,β-unsaturated/α-hetero) is 1. The van der Waals surface area contributed by atoms with Crippen molar-refractivity contribution in [1.82, 2.24) is 0 Å². The zero-order valence-electron chi connectivity index (χ0n) is 16.4. The summed E-state index contributed by atoms with van der Waals surface area (Å²) in [4.78, 5) is 22.9. The molecule has 0 heterocycles. The lowest BCUT2D eigenvalue weighted by atomic mass is 9.90. The van der Waals surface area contributed by atoms with Gasteiger partial charge in [-0.25, -0.2) is 0 Å². The smallest absolute Gasteiger partial charge is 0.303 e. The number of unbranched alkanes of at least 4 members (excludes halogenated alkanes) is 2. The Balaban J connectivity index is 2.64. The maximum Gasteiger partial charge on any atom is 0.303 e. The highest BCUT2D eigenvalue weighted by Crippen LogP contribution is 2.35. The Kier molecular flexibility index (Phi) is 11.1. The molecule has 0 saturated heterocycles. The molecular weight excluding hydrogens is 332 g/mol. The number of allylic oxidation sites excluding steroid dienone is 2. The first kappa shape index (κ1) is 22.6. The number of carboxylic acid groups (broad SMARTS) is 1. The van der Waals surface area contributed by atoms with Gasteiger partial charge in [-0.15, -0.1) is 0 Å². The second-order valence-electron chi connectivity index (χ2n) is 6.92. The molecule has 0 radical (unpaired) electrons. The van der Waals surface area contributed by atoms with Crippen molar-refractivity contribution in [3.05, 3.63) is 24.3 Å². The lowest BCUT2D eigenvalue weighted by Crippen LogP contribution is -2.20. The molecule has 4 atom stereocenters. The molecule has 0 aromatic carbocycles. The summed E-state index contributed by atoms with van der Waals surface area (Å²) >= 11 is 0. The molecule has 5 heteroatoms. The van der Waals surface area contributed by atoms with E-state index in [2.05, 4.69) is 19.1 Å². The van der Waals surface area contributed by atoms with Gasteiger partial charge in [0.05, 0.1) is 12.2 Å². The minimum absolute atomic E-state index is 0.0652. The van der Waals surface area contributed by atoms with Crippen LogP contribution >= 0.6 is 0 Å². The Hall–Kier alpha value is -1.46. The molecule has 0 aliphatic heterocycles. The number of carboxylic acids is 1. The van der Waals surface area contributed by atoms with Crippen molar-refractivity contribution in [2.75, 3.05) is 14.2 Å². The third-order valence-electron chi connectivity index (χ3n) is 5.02. The van der Waals surface area contributed by atoms with Gasteiger partial charge >= 0.3 is 5.97 Å². The molecule has 1 saturated carbocycles. The van der Waals surface area contributed by atoms with Crippen LogP contribution in [0.2, 0.25) is 0 Å². The summed E-state index contributed by atoms with van der Waals surface area (Å²) in [5.41, 5.74) is 0. The van der Waals surface area contributed by atoms with E-state index in [1.165, 1.54) is 0 Å². The Labute approximate surface area is 157 Å². The molecule has 0 spiro atoms. The van der Waals surface area contributed by atoms with E-state index in [1.54, 1.807) is 14.2 Å². The highest BCUT2D eigenvalue weighted by atomic mass is 16.5. The molecule has 148 valence electrons. The third-order valence-corrected chi connectivity index (χ3v) is 5.02. The van der Waals surface area contributed by atoms with Crippen molar-refractivity contribution in [3.8, 4) is 0 Å². The van der Waals surface area contributed by atoms with Gasteiger partial charge < -0.3 is 14.6 Å². The lowest BCUT2D eigenvalue weighted by molar-refractivity contribution is -0.137. The van der Waals surface area contributed by atoms with Crippen LogP contribution in [0.15, 0.2) is 24.3 Å². The predicted molar refractivity (Wildman–Crippen MR) is 102 cm³/mol. The van der Waals surface area contributed by atoms with Gasteiger partial charge in [0.1, 0.15) is 5.78 Å². The number of hydrogen-bond donors (Lipinski definition) is 1. The molecule has 1 aliphatic carbocycles. The molecule has 5 nitrogen and oxygen atoms in total. The zero-order chi connectivity index (χ0) is 19.4. The van der Waals surface area contributed by atoms with Gasteiger partial charge in [0.15, 0.2) is 0 Å². The number of carbonyl (C=O) groups excluding carboxylic acids is 1. The number of aliphatic carboxylic acids is 1.